The van der Waals surface area contributed by atoms with E-state index in [4.69, 9.17) is 0 Å². The highest BCUT2D eigenvalue weighted by molar-refractivity contribution is 9.10. The highest BCUT2D eigenvalue weighted by Crippen LogP contribution is 2.35. The van der Waals surface area contributed by atoms with Crippen molar-refractivity contribution >= 4 is 21.8 Å². The molecule has 1 aliphatic carbocycles. The maximum Gasteiger partial charge on any atom is 0.256 e. The molecule has 100 valence electrons. The summed E-state index contributed by atoms with van der Waals surface area (Å²) in [7, 11) is 0. The van der Waals surface area contributed by atoms with Crippen molar-refractivity contribution in [2.24, 2.45) is 0 Å². The topological polar surface area (TPSA) is 44.1 Å². The third-order valence-corrected chi connectivity index (χ3v) is 4.05. The molecule has 2 rings (SSSR count). The Labute approximate surface area is 122 Å². The Bertz CT molecular complexity index is 556. The smallest absolute Gasteiger partial charge is 0.256 e. The number of nitrogens with zero attached hydrogens (tertiary/aromatic N) is 2. The van der Waals surface area contributed by atoms with Crippen LogP contribution in [0.3, 0.4) is 0 Å². The van der Waals surface area contributed by atoms with E-state index in [1.165, 1.54) is 0 Å². The molecule has 1 fully saturated rings. The van der Waals surface area contributed by atoms with Crippen LogP contribution in [0, 0.1) is 18.3 Å². The van der Waals surface area contributed by atoms with Gasteiger partial charge in [0.05, 0.1) is 11.6 Å². The van der Waals surface area contributed by atoms with Crippen molar-refractivity contribution in [2.45, 2.75) is 45.2 Å². The van der Waals surface area contributed by atoms with Crippen molar-refractivity contribution < 1.29 is 4.79 Å². The fourth-order valence-corrected chi connectivity index (χ4v) is 2.61. The summed E-state index contributed by atoms with van der Waals surface area (Å²) in [6.45, 7) is 5.56. The minimum atomic E-state index is -0.776. The highest BCUT2D eigenvalue weighted by Gasteiger charge is 2.42. The first-order valence-electron chi connectivity index (χ1n) is 6.38. The van der Waals surface area contributed by atoms with Crippen LogP contribution in [0.5, 0.6) is 0 Å². The van der Waals surface area contributed by atoms with Gasteiger partial charge in [-0.1, -0.05) is 11.6 Å². The van der Waals surface area contributed by atoms with Gasteiger partial charge in [0.25, 0.3) is 5.91 Å². The molecular formula is C15H17BrN2O. The molecule has 1 aromatic rings. The van der Waals surface area contributed by atoms with Crippen LogP contribution < -0.4 is 0 Å². The number of benzene rings is 1. The van der Waals surface area contributed by atoms with Crippen molar-refractivity contribution in [1.29, 1.82) is 5.26 Å². The Kier molecular flexibility index (Phi) is 3.69. The minimum absolute atomic E-state index is 0.0652. The van der Waals surface area contributed by atoms with Gasteiger partial charge in [-0.05, 0) is 61.7 Å². The maximum absolute atomic E-state index is 12.7. The Morgan fingerprint density at radius 2 is 2.11 bits per heavy atom. The number of hydrogen-bond donors (Lipinski definition) is 0. The average molecular weight is 321 g/mol. The third kappa shape index (κ3) is 2.82. The second-order valence-electron chi connectivity index (χ2n) is 5.56. The molecule has 0 N–H and O–H groups in total. The normalized spacial score (nSPS) is 14.9. The van der Waals surface area contributed by atoms with E-state index in [0.29, 0.717) is 5.56 Å². The van der Waals surface area contributed by atoms with E-state index in [0.717, 1.165) is 22.9 Å². The van der Waals surface area contributed by atoms with Crippen molar-refractivity contribution in [3.8, 4) is 6.07 Å². The van der Waals surface area contributed by atoms with E-state index < -0.39 is 5.54 Å². The number of halogens is 1. The Balaban J connectivity index is 2.41. The number of rotatable bonds is 3. The molecule has 4 heteroatoms. The van der Waals surface area contributed by atoms with Gasteiger partial charge in [0.1, 0.15) is 5.54 Å². The summed E-state index contributed by atoms with van der Waals surface area (Å²) in [6.07, 6.45) is 1.97. The molecule has 0 unspecified atom stereocenters. The van der Waals surface area contributed by atoms with Gasteiger partial charge in [0.2, 0.25) is 0 Å². The van der Waals surface area contributed by atoms with E-state index in [9.17, 15) is 10.1 Å². The van der Waals surface area contributed by atoms with Crippen LogP contribution in [0.15, 0.2) is 22.7 Å². The van der Waals surface area contributed by atoms with Crippen molar-refractivity contribution in [2.75, 3.05) is 0 Å². The van der Waals surface area contributed by atoms with Gasteiger partial charge in [-0.25, -0.2) is 0 Å². The monoisotopic (exact) mass is 320 g/mol. The Hall–Kier alpha value is -1.34. The molecule has 1 aromatic carbocycles. The summed E-state index contributed by atoms with van der Waals surface area (Å²) in [5, 5.41) is 9.31. The fraction of sp³-hybridized carbons (Fsp3) is 0.467. The molecule has 1 saturated carbocycles. The van der Waals surface area contributed by atoms with Crippen LogP contribution >= 0.6 is 15.9 Å². The Morgan fingerprint density at radius 3 is 2.63 bits per heavy atom. The molecule has 19 heavy (non-hydrogen) atoms. The van der Waals surface area contributed by atoms with Gasteiger partial charge in [-0.2, -0.15) is 5.26 Å². The molecule has 0 spiro atoms. The fourth-order valence-electron chi connectivity index (χ4n) is 2.20. The van der Waals surface area contributed by atoms with Crippen LogP contribution in [0.1, 0.15) is 42.6 Å². The first kappa shape index (κ1) is 14.1. The summed E-state index contributed by atoms with van der Waals surface area (Å²) in [6, 6.07) is 8.15. The van der Waals surface area contributed by atoms with Gasteiger partial charge >= 0.3 is 0 Å². The van der Waals surface area contributed by atoms with Crippen molar-refractivity contribution in [3.05, 3.63) is 33.8 Å². The molecule has 0 saturated heterocycles. The van der Waals surface area contributed by atoms with Crippen LogP contribution in [0.2, 0.25) is 0 Å². The third-order valence-electron chi connectivity index (χ3n) is 3.36. The summed E-state index contributed by atoms with van der Waals surface area (Å²) < 4.78 is 0.780. The first-order valence-corrected chi connectivity index (χ1v) is 7.17. The molecule has 1 aliphatic rings. The highest BCUT2D eigenvalue weighted by atomic mass is 79.9. The number of carbonyl (C=O) groups is 1. The average Bonchev–Trinajstić information content (AvgIpc) is 3.16. The van der Waals surface area contributed by atoms with Crippen LogP contribution in [-0.4, -0.2) is 22.4 Å². The SMILES string of the molecule is Cc1ccc(Br)c(C(=O)N(C2CC2)C(C)(C)C#N)c1. The summed E-state index contributed by atoms with van der Waals surface area (Å²) in [4.78, 5) is 14.5. The minimum Gasteiger partial charge on any atom is -0.317 e. The van der Waals surface area contributed by atoms with Gasteiger partial charge in [-0.3, -0.25) is 4.79 Å². The number of nitriles is 1. The lowest BCUT2D eigenvalue weighted by Crippen LogP contribution is -2.48. The predicted octanol–water partition coefficient (Wildman–Crippen LogP) is 3.66. The number of hydrogen-bond acceptors (Lipinski definition) is 2. The molecule has 1 amide bonds. The molecule has 0 heterocycles. The standard InChI is InChI=1S/C15H17BrN2O/c1-10-4-7-13(16)12(8-10)14(19)18(11-5-6-11)15(2,3)9-17/h4,7-8,11H,5-6H2,1-3H3. The van der Waals surface area contributed by atoms with E-state index in [1.54, 1.807) is 18.7 Å². The van der Waals surface area contributed by atoms with Crippen molar-refractivity contribution in [3.63, 3.8) is 0 Å². The summed E-state index contributed by atoms with van der Waals surface area (Å²) >= 11 is 3.43. The molecule has 0 radical (unpaired) electrons. The summed E-state index contributed by atoms with van der Waals surface area (Å²) in [5.41, 5.74) is 0.897. The molecule has 0 bridgehead atoms. The van der Waals surface area contributed by atoms with Gasteiger partial charge in [0, 0.05) is 10.5 Å². The van der Waals surface area contributed by atoms with Gasteiger partial charge in [0.15, 0.2) is 0 Å². The van der Waals surface area contributed by atoms with Gasteiger partial charge in [-0.15, -0.1) is 0 Å². The molecular weight excluding hydrogens is 304 g/mol. The lowest BCUT2D eigenvalue weighted by atomic mass is 10.0. The van der Waals surface area contributed by atoms with E-state index in [1.807, 2.05) is 25.1 Å². The first-order chi connectivity index (χ1) is 8.86. The quantitative estimate of drug-likeness (QED) is 0.853. The van der Waals surface area contributed by atoms with Crippen LogP contribution in [-0.2, 0) is 0 Å². The number of aryl methyl sites for hydroxylation is 1. The zero-order valence-electron chi connectivity index (χ0n) is 11.4. The zero-order valence-corrected chi connectivity index (χ0v) is 13.0. The van der Waals surface area contributed by atoms with Crippen LogP contribution in [0.25, 0.3) is 0 Å². The van der Waals surface area contributed by atoms with E-state index in [2.05, 4.69) is 22.0 Å². The number of amides is 1. The predicted molar refractivity (Wildman–Crippen MR) is 77.8 cm³/mol. The second-order valence-corrected chi connectivity index (χ2v) is 6.41. The van der Waals surface area contributed by atoms with Crippen molar-refractivity contribution in [1.82, 2.24) is 4.90 Å². The lowest BCUT2D eigenvalue weighted by molar-refractivity contribution is 0.0614. The van der Waals surface area contributed by atoms with Crippen LogP contribution in [0.4, 0.5) is 0 Å². The maximum atomic E-state index is 12.7. The zero-order chi connectivity index (χ0) is 14.2. The lowest BCUT2D eigenvalue weighted by Gasteiger charge is -2.33. The molecule has 0 aromatic heterocycles. The molecule has 3 nitrogen and oxygen atoms in total. The van der Waals surface area contributed by atoms with E-state index in [-0.39, 0.29) is 11.9 Å². The largest absolute Gasteiger partial charge is 0.317 e. The summed E-state index contributed by atoms with van der Waals surface area (Å²) in [5.74, 6) is -0.0652. The number of carbonyl (C=O) groups excluding carboxylic acids is 1. The second kappa shape index (κ2) is 4.97. The van der Waals surface area contributed by atoms with Gasteiger partial charge < -0.3 is 4.90 Å². The molecule has 0 atom stereocenters. The molecule has 0 aliphatic heterocycles. The van der Waals surface area contributed by atoms with E-state index >= 15 is 0 Å². The Morgan fingerprint density at radius 1 is 1.47 bits per heavy atom.